The fourth-order valence-corrected chi connectivity index (χ4v) is 3.22. The van der Waals surface area contributed by atoms with E-state index in [1.54, 1.807) is 30.3 Å². The fraction of sp³-hybridized carbons (Fsp3) is 0.150. The normalized spacial score (nSPS) is 10.3. The average Bonchev–Trinajstić information content (AvgIpc) is 3.10. The number of hydrogen-bond acceptors (Lipinski definition) is 6. The Kier molecular flexibility index (Phi) is 5.72. The second kappa shape index (κ2) is 8.37. The first-order valence-corrected chi connectivity index (χ1v) is 8.94. The highest BCUT2D eigenvalue weighted by Gasteiger charge is 2.14. The van der Waals surface area contributed by atoms with Gasteiger partial charge in [0.05, 0.1) is 22.9 Å². The fourth-order valence-electron chi connectivity index (χ4n) is 2.30. The van der Waals surface area contributed by atoms with Crippen molar-refractivity contribution in [3.63, 3.8) is 0 Å². The largest absolute Gasteiger partial charge is 0.457 e. The number of ether oxygens (including phenoxy) is 1. The van der Waals surface area contributed by atoms with Crippen LogP contribution < -0.4 is 0 Å². The predicted molar refractivity (Wildman–Crippen MR) is 97.5 cm³/mol. The van der Waals surface area contributed by atoms with Crippen LogP contribution in [0.2, 0.25) is 0 Å². The summed E-state index contributed by atoms with van der Waals surface area (Å²) in [6.45, 7) is 2.00. The monoisotopic (exact) mass is 364 g/mol. The Balaban J connectivity index is 1.64. The molecule has 0 N–H and O–H groups in total. The molecule has 0 saturated carbocycles. The summed E-state index contributed by atoms with van der Waals surface area (Å²) in [6, 6.07) is 18.2. The summed E-state index contributed by atoms with van der Waals surface area (Å²) in [5.74, 6) is 0.988. The van der Waals surface area contributed by atoms with E-state index in [0.29, 0.717) is 16.9 Å². The van der Waals surface area contributed by atoms with Crippen LogP contribution in [0.4, 0.5) is 0 Å². The van der Waals surface area contributed by atoms with Crippen LogP contribution >= 0.6 is 11.8 Å². The van der Waals surface area contributed by atoms with Crippen molar-refractivity contribution in [1.29, 1.82) is 5.26 Å². The highest BCUT2D eigenvalue weighted by Crippen LogP contribution is 2.27. The Morgan fingerprint density at radius 1 is 1.23 bits per heavy atom. The van der Waals surface area contributed by atoms with Crippen molar-refractivity contribution in [3.05, 3.63) is 82.7 Å². The zero-order valence-electron chi connectivity index (χ0n) is 14.1. The molecule has 0 atom stereocenters. The maximum Gasteiger partial charge on any atom is 0.339 e. The van der Waals surface area contributed by atoms with E-state index in [0.717, 1.165) is 21.9 Å². The van der Waals surface area contributed by atoms with Gasteiger partial charge in [0.25, 0.3) is 0 Å². The number of rotatable bonds is 6. The van der Waals surface area contributed by atoms with Crippen molar-refractivity contribution >= 4 is 17.7 Å². The Labute approximate surface area is 155 Å². The smallest absolute Gasteiger partial charge is 0.339 e. The molecule has 1 heterocycles. The number of esters is 1. The van der Waals surface area contributed by atoms with Crippen LogP contribution in [0.25, 0.3) is 0 Å². The molecule has 1 aromatic heterocycles. The van der Waals surface area contributed by atoms with E-state index in [1.165, 1.54) is 11.8 Å². The van der Waals surface area contributed by atoms with E-state index >= 15 is 0 Å². The Morgan fingerprint density at radius 3 is 2.69 bits per heavy atom. The molecule has 0 radical (unpaired) electrons. The third kappa shape index (κ3) is 4.52. The molecule has 2 aromatic carbocycles. The van der Waals surface area contributed by atoms with Crippen molar-refractivity contribution < 1.29 is 14.1 Å². The number of thioether (sulfide) groups is 1. The van der Waals surface area contributed by atoms with Crippen LogP contribution in [0.15, 0.2) is 64.0 Å². The number of nitriles is 1. The molecule has 3 aromatic rings. The van der Waals surface area contributed by atoms with Crippen molar-refractivity contribution in [2.24, 2.45) is 0 Å². The zero-order chi connectivity index (χ0) is 18.4. The molecule has 0 aliphatic carbocycles. The first-order valence-electron chi connectivity index (χ1n) is 7.96. The van der Waals surface area contributed by atoms with Gasteiger partial charge in [0.15, 0.2) is 0 Å². The summed E-state index contributed by atoms with van der Waals surface area (Å²) < 4.78 is 10.5. The summed E-state index contributed by atoms with van der Waals surface area (Å²) in [4.78, 5) is 13.3. The number of aryl methyl sites for hydroxylation is 1. The molecule has 0 saturated heterocycles. The van der Waals surface area contributed by atoms with Crippen LogP contribution in [0, 0.1) is 18.3 Å². The summed E-state index contributed by atoms with van der Waals surface area (Å²) in [5.41, 5.74) is 2.75. The lowest BCUT2D eigenvalue weighted by Gasteiger charge is -2.09. The van der Waals surface area contributed by atoms with Crippen molar-refractivity contribution in [2.45, 2.75) is 24.2 Å². The van der Waals surface area contributed by atoms with Gasteiger partial charge < -0.3 is 9.26 Å². The quantitative estimate of drug-likeness (QED) is 0.473. The highest BCUT2D eigenvalue weighted by molar-refractivity contribution is 7.98. The second-order valence-corrected chi connectivity index (χ2v) is 6.62. The summed E-state index contributed by atoms with van der Waals surface area (Å²) in [6.07, 6.45) is 0. The minimum Gasteiger partial charge on any atom is -0.457 e. The van der Waals surface area contributed by atoms with Crippen LogP contribution in [-0.2, 0) is 17.1 Å². The van der Waals surface area contributed by atoms with Crippen LogP contribution in [-0.4, -0.2) is 11.1 Å². The number of aromatic nitrogens is 1. The van der Waals surface area contributed by atoms with Gasteiger partial charge in [-0.3, -0.25) is 0 Å². The second-order valence-electron chi connectivity index (χ2n) is 5.60. The van der Waals surface area contributed by atoms with Gasteiger partial charge in [-0.25, -0.2) is 4.79 Å². The molecule has 0 aliphatic heterocycles. The van der Waals surface area contributed by atoms with E-state index in [2.05, 4.69) is 11.2 Å². The highest BCUT2D eigenvalue weighted by atomic mass is 32.2. The number of benzene rings is 2. The summed E-state index contributed by atoms with van der Waals surface area (Å²) in [5, 5.41) is 12.8. The maximum absolute atomic E-state index is 12.5. The van der Waals surface area contributed by atoms with E-state index in [1.807, 2.05) is 31.2 Å². The van der Waals surface area contributed by atoms with Crippen LogP contribution in [0.5, 0.6) is 0 Å². The molecule has 0 unspecified atom stereocenters. The van der Waals surface area contributed by atoms with E-state index in [9.17, 15) is 4.79 Å². The van der Waals surface area contributed by atoms with Gasteiger partial charge in [-0.05, 0) is 36.8 Å². The molecule has 130 valence electrons. The number of carbonyl (C=O) groups excluding carboxylic acids is 1. The van der Waals surface area contributed by atoms with Gasteiger partial charge in [0, 0.05) is 16.7 Å². The number of nitrogens with zero attached hydrogens (tertiary/aromatic N) is 2. The maximum atomic E-state index is 12.5. The molecular weight excluding hydrogens is 348 g/mol. The summed E-state index contributed by atoms with van der Waals surface area (Å²) in [7, 11) is 0. The standard InChI is InChI=1S/C20H16N2O3S/c1-14-10-17(22-25-14)13-26-19-5-3-2-4-18(19)20(23)24-12-16-8-6-15(11-21)7-9-16/h2-10H,12-13H2,1H3. The molecular formula is C20H16N2O3S. The molecule has 0 amide bonds. The van der Waals surface area contributed by atoms with Crippen molar-refractivity contribution in [2.75, 3.05) is 0 Å². The minimum absolute atomic E-state index is 0.159. The molecule has 0 spiro atoms. The molecule has 3 rings (SSSR count). The Bertz CT molecular complexity index is 942. The molecule has 0 fully saturated rings. The zero-order valence-corrected chi connectivity index (χ0v) is 15.0. The Hall–Kier alpha value is -3.04. The van der Waals surface area contributed by atoms with Crippen molar-refractivity contribution in [1.82, 2.24) is 5.16 Å². The first-order chi connectivity index (χ1) is 12.7. The SMILES string of the molecule is Cc1cc(CSc2ccccc2C(=O)OCc2ccc(C#N)cc2)no1. The third-order valence-electron chi connectivity index (χ3n) is 3.61. The minimum atomic E-state index is -0.381. The van der Waals surface area contributed by atoms with Gasteiger partial charge in [0.2, 0.25) is 0 Å². The lowest BCUT2D eigenvalue weighted by Crippen LogP contribution is -2.06. The van der Waals surface area contributed by atoms with Gasteiger partial charge >= 0.3 is 5.97 Å². The van der Waals surface area contributed by atoms with Crippen LogP contribution in [0.3, 0.4) is 0 Å². The third-order valence-corrected chi connectivity index (χ3v) is 4.72. The van der Waals surface area contributed by atoms with Gasteiger partial charge in [-0.1, -0.05) is 29.4 Å². The number of carbonyl (C=O) groups is 1. The predicted octanol–water partition coefficient (Wildman–Crippen LogP) is 4.50. The first kappa shape index (κ1) is 17.8. The lowest BCUT2D eigenvalue weighted by atomic mass is 10.1. The van der Waals surface area contributed by atoms with Gasteiger partial charge in [-0.2, -0.15) is 5.26 Å². The molecule has 0 aliphatic rings. The van der Waals surface area contributed by atoms with Crippen molar-refractivity contribution in [3.8, 4) is 6.07 Å². The van der Waals surface area contributed by atoms with E-state index < -0.39 is 0 Å². The van der Waals surface area contributed by atoms with E-state index in [-0.39, 0.29) is 12.6 Å². The van der Waals surface area contributed by atoms with E-state index in [4.69, 9.17) is 14.5 Å². The Morgan fingerprint density at radius 2 is 2.00 bits per heavy atom. The molecule has 0 bridgehead atoms. The van der Waals surface area contributed by atoms with Gasteiger partial charge in [-0.15, -0.1) is 11.8 Å². The lowest BCUT2D eigenvalue weighted by molar-refractivity contribution is 0.0468. The molecule has 5 nitrogen and oxygen atoms in total. The average molecular weight is 364 g/mol. The topological polar surface area (TPSA) is 76.1 Å². The van der Waals surface area contributed by atoms with Crippen LogP contribution in [0.1, 0.15) is 32.9 Å². The number of hydrogen-bond donors (Lipinski definition) is 0. The van der Waals surface area contributed by atoms with Gasteiger partial charge in [0.1, 0.15) is 12.4 Å². The summed E-state index contributed by atoms with van der Waals surface area (Å²) >= 11 is 1.51. The molecule has 26 heavy (non-hydrogen) atoms. The molecule has 6 heteroatoms.